The lowest BCUT2D eigenvalue weighted by molar-refractivity contribution is 0.0523. The normalized spacial score (nSPS) is 19.9. The summed E-state index contributed by atoms with van der Waals surface area (Å²) in [6.07, 6.45) is 2.94. The summed E-state index contributed by atoms with van der Waals surface area (Å²) in [6, 6.07) is 5.52. The van der Waals surface area contributed by atoms with Gasteiger partial charge >= 0.3 is 0 Å². The highest BCUT2D eigenvalue weighted by Gasteiger charge is 2.16. The summed E-state index contributed by atoms with van der Waals surface area (Å²) in [7, 11) is -3.36. The number of halogens is 1. The standard InChI is InChI=1S/C14H20FNO3S/c15-14-5-3-13(4-6-14)11-20(17,18)16-8-7-12-2-1-9-19-10-12/h3-6,12,16H,1-2,7-11H2. The van der Waals surface area contributed by atoms with E-state index in [1.54, 1.807) is 0 Å². The zero-order valence-corrected chi connectivity index (χ0v) is 12.2. The number of nitrogens with one attached hydrogen (secondary N) is 1. The van der Waals surface area contributed by atoms with Crippen LogP contribution in [0.3, 0.4) is 0 Å². The Hall–Kier alpha value is -0.980. The molecule has 1 atom stereocenters. The molecule has 0 bridgehead atoms. The Morgan fingerprint density at radius 2 is 2.05 bits per heavy atom. The third-order valence-corrected chi connectivity index (χ3v) is 4.76. The van der Waals surface area contributed by atoms with Crippen LogP contribution in [0.5, 0.6) is 0 Å². The van der Waals surface area contributed by atoms with Gasteiger partial charge in [-0.25, -0.2) is 17.5 Å². The fourth-order valence-electron chi connectivity index (χ4n) is 2.30. The van der Waals surface area contributed by atoms with Crippen molar-refractivity contribution in [2.75, 3.05) is 19.8 Å². The third kappa shape index (κ3) is 5.19. The molecule has 1 saturated heterocycles. The van der Waals surface area contributed by atoms with Gasteiger partial charge in [-0.1, -0.05) is 12.1 Å². The number of ether oxygens (including phenoxy) is 1. The quantitative estimate of drug-likeness (QED) is 0.875. The monoisotopic (exact) mass is 301 g/mol. The molecule has 1 aliphatic rings. The van der Waals surface area contributed by atoms with E-state index in [0.717, 1.165) is 32.5 Å². The van der Waals surface area contributed by atoms with E-state index in [9.17, 15) is 12.8 Å². The SMILES string of the molecule is O=S(=O)(Cc1ccc(F)cc1)NCCC1CCCOC1. The lowest BCUT2D eigenvalue weighted by Crippen LogP contribution is -2.29. The van der Waals surface area contributed by atoms with Crippen molar-refractivity contribution in [3.8, 4) is 0 Å². The highest BCUT2D eigenvalue weighted by molar-refractivity contribution is 7.88. The molecular formula is C14H20FNO3S. The van der Waals surface area contributed by atoms with Crippen LogP contribution in [0.25, 0.3) is 0 Å². The van der Waals surface area contributed by atoms with Gasteiger partial charge in [0, 0.05) is 19.8 Å². The van der Waals surface area contributed by atoms with Gasteiger partial charge in [0.05, 0.1) is 5.75 Å². The van der Waals surface area contributed by atoms with Crippen LogP contribution in [0.4, 0.5) is 4.39 Å². The molecule has 0 aliphatic carbocycles. The summed E-state index contributed by atoms with van der Waals surface area (Å²) in [4.78, 5) is 0. The van der Waals surface area contributed by atoms with Gasteiger partial charge in [-0.2, -0.15) is 0 Å². The topological polar surface area (TPSA) is 55.4 Å². The van der Waals surface area contributed by atoms with Crippen LogP contribution in [0.15, 0.2) is 24.3 Å². The lowest BCUT2D eigenvalue weighted by atomic mass is 9.99. The van der Waals surface area contributed by atoms with Crippen molar-refractivity contribution in [3.63, 3.8) is 0 Å². The average Bonchev–Trinajstić information content (AvgIpc) is 2.42. The Morgan fingerprint density at radius 3 is 2.70 bits per heavy atom. The smallest absolute Gasteiger partial charge is 0.215 e. The number of hydrogen-bond donors (Lipinski definition) is 1. The van der Waals surface area contributed by atoms with Crippen LogP contribution in [0.2, 0.25) is 0 Å². The second kappa shape index (κ2) is 7.15. The lowest BCUT2D eigenvalue weighted by Gasteiger charge is -2.21. The van der Waals surface area contributed by atoms with Crippen LogP contribution in [0, 0.1) is 11.7 Å². The minimum atomic E-state index is -3.36. The first-order valence-corrected chi connectivity index (χ1v) is 8.50. The molecule has 112 valence electrons. The molecule has 0 saturated carbocycles. The number of hydrogen-bond acceptors (Lipinski definition) is 3. The Labute approximate surface area is 119 Å². The van der Waals surface area contributed by atoms with Crippen molar-refractivity contribution in [1.29, 1.82) is 0 Å². The minimum Gasteiger partial charge on any atom is -0.381 e. The fraction of sp³-hybridized carbons (Fsp3) is 0.571. The maximum absolute atomic E-state index is 12.8. The molecule has 1 aromatic rings. The second-order valence-electron chi connectivity index (χ2n) is 5.15. The van der Waals surface area contributed by atoms with Crippen LogP contribution in [0.1, 0.15) is 24.8 Å². The summed E-state index contributed by atoms with van der Waals surface area (Å²) in [6.45, 7) is 1.96. The highest BCUT2D eigenvalue weighted by atomic mass is 32.2. The van der Waals surface area contributed by atoms with E-state index in [1.165, 1.54) is 24.3 Å². The van der Waals surface area contributed by atoms with Gasteiger partial charge in [-0.15, -0.1) is 0 Å². The van der Waals surface area contributed by atoms with Gasteiger partial charge in [-0.3, -0.25) is 0 Å². The number of sulfonamides is 1. The molecule has 0 radical (unpaired) electrons. The molecule has 1 aromatic carbocycles. The Balaban J connectivity index is 1.77. The van der Waals surface area contributed by atoms with E-state index >= 15 is 0 Å². The molecule has 6 heteroatoms. The average molecular weight is 301 g/mol. The van der Waals surface area contributed by atoms with Gasteiger partial charge in [0.25, 0.3) is 0 Å². The molecule has 0 aromatic heterocycles. The van der Waals surface area contributed by atoms with E-state index in [4.69, 9.17) is 4.74 Å². The molecule has 1 aliphatic heterocycles. The van der Waals surface area contributed by atoms with E-state index in [1.807, 2.05) is 0 Å². The number of benzene rings is 1. The molecule has 1 N–H and O–H groups in total. The summed E-state index contributed by atoms with van der Waals surface area (Å²) in [5, 5.41) is 0. The first kappa shape index (κ1) is 15.4. The molecular weight excluding hydrogens is 281 g/mol. The largest absolute Gasteiger partial charge is 0.381 e. The molecule has 1 fully saturated rings. The Morgan fingerprint density at radius 1 is 1.30 bits per heavy atom. The molecule has 4 nitrogen and oxygen atoms in total. The van der Waals surface area contributed by atoms with Gasteiger partial charge in [0.15, 0.2) is 0 Å². The predicted molar refractivity (Wildman–Crippen MR) is 75.2 cm³/mol. The predicted octanol–water partition coefficient (Wildman–Crippen LogP) is 2.06. The third-order valence-electron chi connectivity index (χ3n) is 3.40. The van der Waals surface area contributed by atoms with E-state index in [-0.39, 0.29) is 11.6 Å². The summed E-state index contributed by atoms with van der Waals surface area (Å²) < 4.78 is 44.5. The number of rotatable bonds is 6. The van der Waals surface area contributed by atoms with Crippen molar-refractivity contribution in [2.24, 2.45) is 5.92 Å². The van der Waals surface area contributed by atoms with E-state index in [2.05, 4.69) is 4.72 Å². The first-order chi connectivity index (χ1) is 9.55. The van der Waals surface area contributed by atoms with Crippen LogP contribution >= 0.6 is 0 Å². The second-order valence-corrected chi connectivity index (χ2v) is 6.96. The maximum atomic E-state index is 12.8. The maximum Gasteiger partial charge on any atom is 0.215 e. The Bertz CT molecular complexity index is 510. The molecule has 1 heterocycles. The molecule has 20 heavy (non-hydrogen) atoms. The van der Waals surface area contributed by atoms with Crippen molar-refractivity contribution in [1.82, 2.24) is 4.72 Å². The molecule has 0 spiro atoms. The summed E-state index contributed by atoms with van der Waals surface area (Å²) in [5.74, 6) is -0.0391. The van der Waals surface area contributed by atoms with Crippen LogP contribution in [-0.2, 0) is 20.5 Å². The van der Waals surface area contributed by atoms with Crippen LogP contribution in [-0.4, -0.2) is 28.2 Å². The zero-order chi connectivity index (χ0) is 14.4. The van der Waals surface area contributed by atoms with E-state index < -0.39 is 10.0 Å². The first-order valence-electron chi connectivity index (χ1n) is 6.85. The summed E-state index contributed by atoms with van der Waals surface area (Å²) >= 11 is 0. The van der Waals surface area contributed by atoms with E-state index in [0.29, 0.717) is 18.0 Å². The van der Waals surface area contributed by atoms with Gasteiger partial charge in [-0.05, 0) is 42.9 Å². The zero-order valence-electron chi connectivity index (χ0n) is 11.3. The van der Waals surface area contributed by atoms with Crippen molar-refractivity contribution >= 4 is 10.0 Å². The van der Waals surface area contributed by atoms with Crippen LogP contribution < -0.4 is 4.72 Å². The highest BCUT2D eigenvalue weighted by Crippen LogP contribution is 2.16. The van der Waals surface area contributed by atoms with Gasteiger partial charge in [0.2, 0.25) is 10.0 Å². The fourth-order valence-corrected chi connectivity index (χ4v) is 3.47. The molecule has 1 unspecified atom stereocenters. The minimum absolute atomic E-state index is 0.117. The molecule has 2 rings (SSSR count). The molecule has 0 amide bonds. The van der Waals surface area contributed by atoms with Crippen molar-refractivity contribution < 1.29 is 17.5 Å². The summed E-state index contributed by atoms with van der Waals surface area (Å²) in [5.41, 5.74) is 0.583. The van der Waals surface area contributed by atoms with Crippen molar-refractivity contribution in [3.05, 3.63) is 35.6 Å². The van der Waals surface area contributed by atoms with Gasteiger partial charge < -0.3 is 4.74 Å². The van der Waals surface area contributed by atoms with Crippen molar-refractivity contribution in [2.45, 2.75) is 25.0 Å². The van der Waals surface area contributed by atoms with Gasteiger partial charge in [0.1, 0.15) is 5.82 Å². The Kier molecular flexibility index (Phi) is 5.51.